The van der Waals surface area contributed by atoms with Crippen LogP contribution in [-0.4, -0.2) is 361 Å². The van der Waals surface area contributed by atoms with Crippen molar-refractivity contribution in [2.24, 2.45) is 5.73 Å². The fraction of sp³-hybridized carbons (Fsp3) is 0.410. The van der Waals surface area contributed by atoms with Crippen molar-refractivity contribution in [3.8, 4) is 0 Å². The highest BCUT2D eigenvalue weighted by Crippen LogP contribution is 2.19. The van der Waals surface area contributed by atoms with Crippen molar-refractivity contribution >= 4 is 156 Å². The Hall–Kier alpha value is -18.0. The van der Waals surface area contributed by atoms with Gasteiger partial charge in [-0.3, -0.25) is 110 Å². The van der Waals surface area contributed by atoms with Crippen LogP contribution in [0.4, 0.5) is 29.2 Å². The molecule has 736 valence electrons. The summed E-state index contributed by atoms with van der Waals surface area (Å²) in [6.45, 7) is -9.61. The third-order valence-corrected chi connectivity index (χ3v) is 21.1. The number of aromatic amines is 3. The van der Waals surface area contributed by atoms with E-state index in [0.717, 1.165) is 68.1 Å². The van der Waals surface area contributed by atoms with E-state index in [1.807, 2.05) is 0 Å². The number of fused-ring (bicyclic) bond motifs is 4. The molecular weight excluding hydrogens is 1830 g/mol. The molecule has 0 unspecified atom stereocenters. The van der Waals surface area contributed by atoms with Gasteiger partial charge in [0, 0.05) is 128 Å². The number of ketones is 1. The van der Waals surface area contributed by atoms with Crippen molar-refractivity contribution in [3.63, 3.8) is 0 Å². The average Bonchev–Trinajstić information content (AvgIpc) is 1.69. The molecule has 0 aromatic carbocycles. The number of anilines is 5. The van der Waals surface area contributed by atoms with Gasteiger partial charge >= 0.3 is 17.1 Å². The number of carbonyl (C=O) groups is 14. The van der Waals surface area contributed by atoms with E-state index >= 15 is 0 Å². The van der Waals surface area contributed by atoms with E-state index in [1.165, 1.54) is 80.9 Å². The number of aromatic nitrogens is 22. The maximum Gasteiger partial charge on any atom is 0.349 e. The molecule has 61 nitrogen and oxygen atoms in total. The summed E-state index contributed by atoms with van der Waals surface area (Å²) >= 11 is 0. The number of nitrogens with two attached hydrogens (primary N) is 6. The van der Waals surface area contributed by atoms with E-state index in [-0.39, 0.29) is 143 Å². The highest BCUT2D eigenvalue weighted by molar-refractivity contribution is 5.92. The first-order valence-electron chi connectivity index (χ1n) is 42.6. The van der Waals surface area contributed by atoms with Crippen LogP contribution in [0.15, 0.2) is 97.7 Å². The van der Waals surface area contributed by atoms with Crippen molar-refractivity contribution in [2.45, 2.75) is 73.0 Å². The Morgan fingerprint density at radius 2 is 0.626 bits per heavy atom. The van der Waals surface area contributed by atoms with E-state index < -0.39 is 248 Å². The standard InChI is InChI=1S/C78H99N41O20/c1-4-46(120)23-107(58(131)33-116-40-97-61-65(81)91-37-94-68(61)116)15-7-85-52(125)28-111(59(132)34-117-41-98-62-66(82)92-38-95-69(62)117)20-12-90-51(124)27-109(55(128)31-114-21-44(2)72(134)104-77(114)138)17-9-87-50(123)26-110(56(129)32-115-22-45(3)73(135)105-78(115)139)18-10-88-53(126)29-112(60(133)35-118-42-99-63-67(83)93-39-96-70(63)118)19-11-89-49(122)25-108(54(127)30-113-13-5-47(80)101-76(113)137)16-8-86-48(121)24-106(14-6-79)57(130)36-119-43-100-64-71(119)102-75(84)103-74(64)136/h5,13,21-22,37-43H,4,6-12,14-20,23-36,79H2,1-3H3,(H,85,125)(H,86,121)(H,87,123)(H,88,126)(H,89,122)(H,90,124)(H2,80,101,137)(H2,81,91,94)(H2,82,92,95)(H2,83,93,96)(H,104,134,138)(H,105,135,139)(H3,84,102,103,136). The summed E-state index contributed by atoms with van der Waals surface area (Å²) < 4.78 is 7.86. The van der Waals surface area contributed by atoms with Crippen molar-refractivity contribution in [3.05, 3.63) is 143 Å². The molecule has 13 amide bonds. The summed E-state index contributed by atoms with van der Waals surface area (Å²) in [5.74, 6) is -11.2. The first-order valence-corrected chi connectivity index (χ1v) is 42.6. The van der Waals surface area contributed by atoms with Crippen LogP contribution in [0.25, 0.3) is 44.7 Å². The molecule has 21 N–H and O–H groups in total. The molecule has 0 radical (unpaired) electrons. The topological polar surface area (TPSA) is 829 Å². The number of hydrogen-bond acceptors (Lipinski definition) is 38. The zero-order chi connectivity index (χ0) is 100. The van der Waals surface area contributed by atoms with Crippen LogP contribution in [0.1, 0.15) is 24.5 Å². The minimum Gasteiger partial charge on any atom is -0.383 e. The molecule has 0 saturated carbocycles. The van der Waals surface area contributed by atoms with Crippen molar-refractivity contribution in [1.82, 2.24) is 173 Å². The normalized spacial score (nSPS) is 11.1. The van der Waals surface area contributed by atoms with Gasteiger partial charge < -0.3 is 119 Å². The van der Waals surface area contributed by atoms with Gasteiger partial charge in [0.15, 0.2) is 51.3 Å². The van der Waals surface area contributed by atoms with Crippen molar-refractivity contribution < 1.29 is 67.1 Å². The second kappa shape index (κ2) is 47.1. The molecule has 61 heteroatoms. The monoisotopic (exact) mass is 1930 g/mol. The summed E-state index contributed by atoms with van der Waals surface area (Å²) in [4.78, 5) is 334. The third kappa shape index (κ3) is 27.6. The molecule has 11 aromatic heterocycles. The van der Waals surface area contributed by atoms with Crippen molar-refractivity contribution in [1.29, 1.82) is 0 Å². The SMILES string of the molecule is CCC(=O)CN(CCNC(=O)CN(CCNC(=O)CN(CCNC(=O)CN(CCNC(=O)CN(CCNC(=O)CN(CCNC(=O)CN(CCN)C(=O)Cn1cnc2c(=O)[nH]c(N)nc21)C(=O)Cn1ccc(N)nc1=O)C(=O)Cn1cnc2c(N)ncnc21)C(=O)Cn1cc(C)c(=O)[nH]c1=O)C(=O)Cn1cc(C)c(=O)[nH]c1=O)C(=O)Cn1cnc2c(N)ncnc21)C(=O)Cn1cnc2c(N)ncnc21. The van der Waals surface area contributed by atoms with Gasteiger partial charge in [0.2, 0.25) is 82.7 Å². The highest BCUT2D eigenvalue weighted by Gasteiger charge is 2.30. The van der Waals surface area contributed by atoms with Gasteiger partial charge in [-0.2, -0.15) is 9.97 Å². The number of imidazole rings is 4. The summed E-state index contributed by atoms with van der Waals surface area (Å²) in [6.07, 6.45) is 11.9. The quantitative estimate of drug-likeness (QED) is 0.0168. The molecule has 11 heterocycles. The highest BCUT2D eigenvalue weighted by atomic mass is 16.2. The van der Waals surface area contributed by atoms with E-state index in [4.69, 9.17) is 34.4 Å². The first kappa shape index (κ1) is 102. The number of nitrogens with one attached hydrogen (secondary N) is 9. The Morgan fingerprint density at radius 3 is 0.935 bits per heavy atom. The lowest BCUT2D eigenvalue weighted by atomic mass is 10.2. The largest absolute Gasteiger partial charge is 0.383 e. The maximum atomic E-state index is 14.5. The lowest BCUT2D eigenvalue weighted by molar-refractivity contribution is -0.138. The predicted octanol–water partition coefficient (Wildman–Crippen LogP) is -13.0. The van der Waals surface area contributed by atoms with E-state index in [1.54, 1.807) is 6.92 Å². The van der Waals surface area contributed by atoms with E-state index in [2.05, 4.69) is 107 Å². The van der Waals surface area contributed by atoms with Crippen LogP contribution in [0.3, 0.4) is 0 Å². The number of rotatable bonds is 49. The Labute approximate surface area is 780 Å². The van der Waals surface area contributed by atoms with Gasteiger partial charge in [-0.25, -0.2) is 64.2 Å². The second-order valence-electron chi connectivity index (χ2n) is 31.1. The molecule has 0 spiro atoms. The molecule has 0 saturated heterocycles. The smallest absolute Gasteiger partial charge is 0.349 e. The van der Waals surface area contributed by atoms with Gasteiger partial charge in [0.05, 0.1) is 71.1 Å². The van der Waals surface area contributed by atoms with Gasteiger partial charge in [0.25, 0.3) is 16.7 Å². The number of amides is 13. The van der Waals surface area contributed by atoms with Gasteiger partial charge in [-0.15, -0.1) is 0 Å². The number of aryl methyl sites for hydroxylation is 2. The van der Waals surface area contributed by atoms with Crippen LogP contribution in [0.2, 0.25) is 0 Å². The first-order chi connectivity index (χ1) is 66.4. The zero-order valence-corrected chi connectivity index (χ0v) is 75.1. The Balaban J connectivity index is 0.741. The molecule has 0 aliphatic heterocycles. The molecule has 11 aromatic rings. The Kier molecular flexibility index (Phi) is 34.4. The summed E-state index contributed by atoms with van der Waals surface area (Å²) in [5.41, 5.74) is 30.9. The van der Waals surface area contributed by atoms with Crippen molar-refractivity contribution in [2.75, 3.05) is 166 Å². The molecule has 0 aliphatic carbocycles. The van der Waals surface area contributed by atoms with E-state index in [9.17, 15) is 95.9 Å². The number of carbonyl (C=O) groups excluding carboxylic acids is 14. The Morgan fingerprint density at radius 1 is 0.338 bits per heavy atom. The molecule has 11 rings (SSSR count). The molecule has 139 heavy (non-hydrogen) atoms. The molecule has 0 atom stereocenters. The van der Waals surface area contributed by atoms with Crippen LogP contribution in [0, 0.1) is 13.8 Å². The van der Waals surface area contributed by atoms with Crippen LogP contribution in [0.5, 0.6) is 0 Å². The number of hydrogen-bond donors (Lipinski definition) is 15. The third-order valence-electron chi connectivity index (χ3n) is 21.1. The molecule has 0 bridgehead atoms. The molecular formula is C78H99N41O20. The summed E-state index contributed by atoms with van der Waals surface area (Å²) in [7, 11) is 0. The van der Waals surface area contributed by atoms with Gasteiger partial charge in [-0.1, -0.05) is 6.92 Å². The van der Waals surface area contributed by atoms with E-state index in [0.29, 0.717) is 0 Å². The summed E-state index contributed by atoms with van der Waals surface area (Å²) in [5, 5.41) is 15.5. The Bertz CT molecular complexity index is 6880. The molecule has 0 aliphatic rings. The van der Waals surface area contributed by atoms with Crippen LogP contribution in [-0.2, 0) is 113 Å². The number of H-pyrrole nitrogens is 3. The number of nitrogens with zero attached hydrogens (tertiary/aromatic N) is 26. The zero-order valence-electron chi connectivity index (χ0n) is 75.1. The number of nitrogen functional groups attached to an aromatic ring is 5. The maximum absolute atomic E-state index is 14.5. The van der Waals surface area contributed by atoms with Crippen LogP contribution < -0.4 is 100 Å². The lowest BCUT2D eigenvalue weighted by Crippen LogP contribution is -2.50. The number of Topliss-reactive ketones (excluding diaryl/α,β-unsaturated/α-hetero) is 1. The second-order valence-corrected chi connectivity index (χ2v) is 31.1. The lowest BCUT2D eigenvalue weighted by Gasteiger charge is -2.26. The minimum absolute atomic E-state index is 0.00262. The average molecular weight is 1930 g/mol. The van der Waals surface area contributed by atoms with Gasteiger partial charge in [-0.05, 0) is 19.9 Å². The van der Waals surface area contributed by atoms with Gasteiger partial charge in [0.1, 0.15) is 87.2 Å². The minimum atomic E-state index is -1.03. The molecule has 0 fully saturated rings. The van der Waals surface area contributed by atoms with Crippen LogP contribution >= 0.6 is 0 Å². The predicted molar refractivity (Wildman–Crippen MR) is 485 cm³/mol. The summed E-state index contributed by atoms with van der Waals surface area (Å²) in [6, 6.07) is 1.24. The fourth-order valence-electron chi connectivity index (χ4n) is 13.8. The fourth-order valence-corrected chi connectivity index (χ4v) is 13.8.